The Balaban J connectivity index is 2.24. The summed E-state index contributed by atoms with van der Waals surface area (Å²) in [6, 6.07) is 4.57. The van der Waals surface area contributed by atoms with E-state index >= 15 is 0 Å². The van der Waals surface area contributed by atoms with Crippen LogP contribution in [0.3, 0.4) is 0 Å². The molecule has 2 rings (SSSR count). The average Bonchev–Trinajstić information content (AvgIpc) is 3.10. The molecule has 0 fully saturated rings. The van der Waals surface area contributed by atoms with Gasteiger partial charge in [-0.05, 0) is 32.5 Å². The van der Waals surface area contributed by atoms with Gasteiger partial charge >= 0.3 is 0 Å². The summed E-state index contributed by atoms with van der Waals surface area (Å²) in [4.78, 5) is 0. The molecule has 0 bridgehead atoms. The van der Waals surface area contributed by atoms with E-state index in [-0.39, 0.29) is 6.04 Å². The highest BCUT2D eigenvalue weighted by molar-refractivity contribution is 5.24. The van der Waals surface area contributed by atoms with E-state index in [0.29, 0.717) is 0 Å². The topological polar surface area (TPSA) is 43.0 Å². The van der Waals surface area contributed by atoms with E-state index in [1.165, 1.54) is 17.0 Å². The maximum absolute atomic E-state index is 5.55. The minimum absolute atomic E-state index is 0.274. The minimum Gasteiger partial charge on any atom is -0.469 e. The number of rotatable bonds is 7. The number of nitrogens with zero attached hydrogens (tertiary/aromatic N) is 2. The Kier molecular flexibility index (Phi) is 5.01. The minimum atomic E-state index is 0.274. The van der Waals surface area contributed by atoms with Crippen molar-refractivity contribution < 1.29 is 4.42 Å². The lowest BCUT2D eigenvalue weighted by Gasteiger charge is -2.16. The van der Waals surface area contributed by atoms with Gasteiger partial charge in [-0.1, -0.05) is 13.8 Å². The van der Waals surface area contributed by atoms with Crippen molar-refractivity contribution in [2.24, 2.45) is 0 Å². The molecule has 4 nitrogen and oxygen atoms in total. The van der Waals surface area contributed by atoms with Crippen molar-refractivity contribution in [2.75, 3.05) is 7.05 Å². The highest BCUT2D eigenvalue weighted by Crippen LogP contribution is 2.24. The lowest BCUT2D eigenvalue weighted by Crippen LogP contribution is -2.21. The van der Waals surface area contributed by atoms with Crippen LogP contribution in [-0.2, 0) is 25.8 Å². The molecular weight excluding hydrogens is 250 g/mol. The van der Waals surface area contributed by atoms with E-state index < -0.39 is 0 Å². The summed E-state index contributed by atoms with van der Waals surface area (Å²) < 4.78 is 7.66. The quantitative estimate of drug-likeness (QED) is 0.844. The van der Waals surface area contributed by atoms with E-state index in [1.807, 2.05) is 7.05 Å². The number of furan rings is 1. The predicted octanol–water partition coefficient (Wildman–Crippen LogP) is 3.12. The van der Waals surface area contributed by atoms with Crippen LogP contribution in [0.5, 0.6) is 0 Å². The Labute approximate surface area is 121 Å². The Morgan fingerprint density at radius 2 is 2.10 bits per heavy atom. The van der Waals surface area contributed by atoms with Crippen LogP contribution in [0.15, 0.2) is 22.8 Å². The molecule has 0 amide bonds. The van der Waals surface area contributed by atoms with E-state index in [1.54, 1.807) is 6.26 Å². The second-order valence-electron chi connectivity index (χ2n) is 4.99. The zero-order valence-corrected chi connectivity index (χ0v) is 12.9. The van der Waals surface area contributed by atoms with Crippen LogP contribution >= 0.6 is 0 Å². The first-order chi connectivity index (χ1) is 9.73. The largest absolute Gasteiger partial charge is 0.469 e. The van der Waals surface area contributed by atoms with Crippen LogP contribution < -0.4 is 5.32 Å². The van der Waals surface area contributed by atoms with Crippen LogP contribution in [0.2, 0.25) is 0 Å². The van der Waals surface area contributed by atoms with Crippen LogP contribution in [-0.4, -0.2) is 16.8 Å². The first-order valence-corrected chi connectivity index (χ1v) is 7.52. The van der Waals surface area contributed by atoms with Crippen molar-refractivity contribution in [3.05, 3.63) is 41.1 Å². The molecular formula is C16H25N3O. The number of likely N-dealkylation sites (N-methyl/N-ethyl adjacent to an activating group) is 1. The molecule has 110 valence electrons. The molecule has 0 aromatic carbocycles. The van der Waals surface area contributed by atoms with Gasteiger partial charge in [0.2, 0.25) is 0 Å². The monoisotopic (exact) mass is 275 g/mol. The third-order valence-electron chi connectivity index (χ3n) is 3.81. The van der Waals surface area contributed by atoms with Crippen molar-refractivity contribution in [1.82, 2.24) is 15.1 Å². The van der Waals surface area contributed by atoms with Crippen LogP contribution in [0.1, 0.15) is 49.5 Å². The van der Waals surface area contributed by atoms with E-state index in [9.17, 15) is 0 Å². The zero-order chi connectivity index (χ0) is 14.5. The highest BCUT2D eigenvalue weighted by atomic mass is 16.3. The average molecular weight is 275 g/mol. The molecule has 0 radical (unpaired) electrons. The van der Waals surface area contributed by atoms with Gasteiger partial charge in [-0.3, -0.25) is 4.68 Å². The van der Waals surface area contributed by atoms with Crippen LogP contribution in [0.4, 0.5) is 0 Å². The maximum atomic E-state index is 5.55. The SMILES string of the molecule is CCc1cc(CC(NC)c2ccoc2CC)n(CC)n1. The van der Waals surface area contributed by atoms with Gasteiger partial charge in [0.25, 0.3) is 0 Å². The second-order valence-corrected chi connectivity index (χ2v) is 4.99. The molecule has 0 saturated heterocycles. The summed E-state index contributed by atoms with van der Waals surface area (Å²) in [5.41, 5.74) is 3.71. The number of hydrogen-bond acceptors (Lipinski definition) is 3. The van der Waals surface area contributed by atoms with Gasteiger partial charge in [0.1, 0.15) is 5.76 Å². The highest BCUT2D eigenvalue weighted by Gasteiger charge is 2.18. The molecule has 2 heterocycles. The summed E-state index contributed by atoms with van der Waals surface area (Å²) >= 11 is 0. The number of nitrogens with one attached hydrogen (secondary N) is 1. The van der Waals surface area contributed by atoms with Gasteiger partial charge in [-0.25, -0.2) is 0 Å². The van der Waals surface area contributed by atoms with Gasteiger partial charge < -0.3 is 9.73 Å². The summed E-state index contributed by atoms with van der Waals surface area (Å²) in [5, 5.41) is 8.03. The Bertz CT molecular complexity index is 542. The van der Waals surface area contributed by atoms with Crippen molar-refractivity contribution >= 4 is 0 Å². The zero-order valence-electron chi connectivity index (χ0n) is 12.9. The Morgan fingerprint density at radius 1 is 1.30 bits per heavy atom. The predicted molar refractivity (Wildman–Crippen MR) is 80.9 cm³/mol. The molecule has 4 heteroatoms. The number of aromatic nitrogens is 2. The molecule has 2 aromatic rings. The molecule has 2 aromatic heterocycles. The summed E-state index contributed by atoms with van der Waals surface area (Å²) in [6.45, 7) is 7.32. The van der Waals surface area contributed by atoms with Gasteiger partial charge in [0, 0.05) is 36.7 Å². The number of aryl methyl sites for hydroxylation is 3. The first kappa shape index (κ1) is 14.9. The molecule has 0 saturated carbocycles. The standard InChI is InChI=1S/C16H25N3O/c1-5-12-10-13(19(7-3)18-12)11-15(17-4)14-8-9-20-16(14)6-2/h8-10,15,17H,5-7,11H2,1-4H3. The maximum Gasteiger partial charge on any atom is 0.108 e. The summed E-state index contributed by atoms with van der Waals surface area (Å²) in [7, 11) is 2.00. The molecule has 0 aliphatic heterocycles. The lowest BCUT2D eigenvalue weighted by atomic mass is 10.0. The third-order valence-corrected chi connectivity index (χ3v) is 3.81. The van der Waals surface area contributed by atoms with E-state index in [2.05, 4.69) is 48.0 Å². The van der Waals surface area contributed by atoms with Crippen molar-refractivity contribution in [2.45, 2.75) is 52.6 Å². The molecule has 20 heavy (non-hydrogen) atoms. The summed E-state index contributed by atoms with van der Waals surface area (Å²) in [6.07, 6.45) is 4.63. The summed E-state index contributed by atoms with van der Waals surface area (Å²) in [5.74, 6) is 1.07. The van der Waals surface area contributed by atoms with Crippen molar-refractivity contribution in [1.29, 1.82) is 0 Å². The van der Waals surface area contributed by atoms with Gasteiger partial charge in [-0.2, -0.15) is 5.10 Å². The normalized spacial score (nSPS) is 12.8. The Morgan fingerprint density at radius 3 is 2.70 bits per heavy atom. The first-order valence-electron chi connectivity index (χ1n) is 7.52. The molecule has 1 N–H and O–H groups in total. The fourth-order valence-electron chi connectivity index (χ4n) is 2.65. The van der Waals surface area contributed by atoms with E-state index in [4.69, 9.17) is 4.42 Å². The molecule has 0 spiro atoms. The molecule has 1 atom stereocenters. The fraction of sp³-hybridized carbons (Fsp3) is 0.562. The fourth-order valence-corrected chi connectivity index (χ4v) is 2.65. The van der Waals surface area contributed by atoms with E-state index in [0.717, 1.165) is 31.6 Å². The Hall–Kier alpha value is -1.55. The third kappa shape index (κ3) is 2.96. The van der Waals surface area contributed by atoms with Gasteiger partial charge in [-0.15, -0.1) is 0 Å². The van der Waals surface area contributed by atoms with Crippen LogP contribution in [0, 0.1) is 0 Å². The smallest absolute Gasteiger partial charge is 0.108 e. The van der Waals surface area contributed by atoms with Gasteiger partial charge in [0.05, 0.1) is 12.0 Å². The second kappa shape index (κ2) is 6.75. The van der Waals surface area contributed by atoms with Crippen LogP contribution in [0.25, 0.3) is 0 Å². The molecule has 1 unspecified atom stereocenters. The molecule has 0 aliphatic rings. The van der Waals surface area contributed by atoms with Crippen molar-refractivity contribution in [3.8, 4) is 0 Å². The van der Waals surface area contributed by atoms with Gasteiger partial charge in [0.15, 0.2) is 0 Å². The number of hydrogen-bond donors (Lipinski definition) is 1. The molecule has 0 aliphatic carbocycles. The van der Waals surface area contributed by atoms with Crippen molar-refractivity contribution in [3.63, 3.8) is 0 Å². The lowest BCUT2D eigenvalue weighted by molar-refractivity contribution is 0.488.